The standard InChI is InChI=1S/C21H26N2O2/c1-24-19-8-5-16(13-20(19)25-2)18-7-6-17(14-22-18)21-9-3-11-23(15-21)12-4-10-21/h5-8,13-14H,3-4,9-12,15H2,1-2H3. The highest BCUT2D eigenvalue weighted by molar-refractivity contribution is 5.64. The van der Waals surface area contributed by atoms with E-state index < -0.39 is 0 Å². The molecule has 0 N–H and O–H groups in total. The van der Waals surface area contributed by atoms with Crippen LogP contribution in [0.4, 0.5) is 0 Å². The number of piperidine rings is 2. The van der Waals surface area contributed by atoms with Crippen LogP contribution in [0.3, 0.4) is 0 Å². The number of hydrogen-bond donors (Lipinski definition) is 0. The van der Waals surface area contributed by atoms with Crippen LogP contribution in [0, 0.1) is 0 Å². The first-order valence-corrected chi connectivity index (χ1v) is 9.15. The average molecular weight is 338 g/mol. The predicted octanol–water partition coefficient (Wildman–Crippen LogP) is 3.89. The van der Waals surface area contributed by atoms with Gasteiger partial charge in [-0.3, -0.25) is 4.98 Å². The minimum atomic E-state index is 0.319. The Bertz CT molecular complexity index is 732. The average Bonchev–Trinajstić information content (AvgIpc) is 2.67. The molecule has 0 aliphatic carbocycles. The molecule has 4 rings (SSSR count). The lowest BCUT2D eigenvalue weighted by molar-refractivity contribution is 0.0941. The van der Waals surface area contributed by atoms with Crippen LogP contribution < -0.4 is 9.47 Å². The third-order valence-corrected chi connectivity index (χ3v) is 5.84. The van der Waals surface area contributed by atoms with Gasteiger partial charge in [0.2, 0.25) is 0 Å². The fraction of sp³-hybridized carbons (Fsp3) is 0.476. The Morgan fingerprint density at radius 3 is 2.36 bits per heavy atom. The van der Waals surface area contributed by atoms with E-state index in [-0.39, 0.29) is 0 Å². The second-order valence-corrected chi connectivity index (χ2v) is 7.27. The van der Waals surface area contributed by atoms with Crippen molar-refractivity contribution in [2.75, 3.05) is 33.9 Å². The number of benzene rings is 1. The van der Waals surface area contributed by atoms with Crippen molar-refractivity contribution in [3.63, 3.8) is 0 Å². The normalized spacial score (nSPS) is 25.4. The molecule has 0 atom stereocenters. The van der Waals surface area contributed by atoms with Gasteiger partial charge in [0, 0.05) is 23.7 Å². The van der Waals surface area contributed by atoms with E-state index in [0.717, 1.165) is 22.8 Å². The highest BCUT2D eigenvalue weighted by atomic mass is 16.5. The van der Waals surface area contributed by atoms with E-state index in [4.69, 9.17) is 14.5 Å². The van der Waals surface area contributed by atoms with Crippen LogP contribution in [-0.2, 0) is 5.41 Å². The van der Waals surface area contributed by atoms with Gasteiger partial charge in [-0.25, -0.2) is 0 Å². The number of pyridine rings is 1. The molecular formula is C21H26N2O2. The molecule has 1 aromatic heterocycles. The first-order chi connectivity index (χ1) is 12.2. The minimum absolute atomic E-state index is 0.319. The Morgan fingerprint density at radius 1 is 0.960 bits per heavy atom. The Morgan fingerprint density at radius 2 is 1.72 bits per heavy atom. The van der Waals surface area contributed by atoms with E-state index >= 15 is 0 Å². The maximum atomic E-state index is 5.41. The smallest absolute Gasteiger partial charge is 0.161 e. The highest BCUT2D eigenvalue weighted by Crippen LogP contribution is 2.41. The number of nitrogens with zero attached hydrogens (tertiary/aromatic N) is 2. The van der Waals surface area contributed by atoms with Crippen LogP contribution in [0.15, 0.2) is 36.5 Å². The van der Waals surface area contributed by atoms with E-state index in [2.05, 4.69) is 23.2 Å². The fourth-order valence-electron chi connectivity index (χ4n) is 4.52. The Hall–Kier alpha value is -2.07. The summed E-state index contributed by atoms with van der Waals surface area (Å²) in [6.07, 6.45) is 7.29. The lowest BCUT2D eigenvalue weighted by Gasteiger charge is -2.47. The SMILES string of the molecule is COc1ccc(-c2ccc(C34CCCN(CCC3)C4)cn2)cc1OC. The zero-order valence-corrected chi connectivity index (χ0v) is 15.1. The lowest BCUT2D eigenvalue weighted by Crippen LogP contribution is -2.50. The third kappa shape index (κ3) is 2.99. The third-order valence-electron chi connectivity index (χ3n) is 5.84. The van der Waals surface area contributed by atoms with Crippen LogP contribution in [-0.4, -0.2) is 43.7 Å². The summed E-state index contributed by atoms with van der Waals surface area (Å²) in [5.74, 6) is 1.48. The molecule has 2 bridgehead atoms. The van der Waals surface area contributed by atoms with Crippen LogP contribution in [0.5, 0.6) is 11.5 Å². The van der Waals surface area contributed by atoms with Crippen molar-refractivity contribution in [2.45, 2.75) is 31.1 Å². The molecule has 1 aromatic carbocycles. The molecule has 2 aliphatic rings. The van der Waals surface area contributed by atoms with E-state index in [1.807, 2.05) is 18.2 Å². The molecule has 4 heteroatoms. The summed E-state index contributed by atoms with van der Waals surface area (Å²) in [5, 5.41) is 0. The van der Waals surface area contributed by atoms with Crippen molar-refractivity contribution in [1.29, 1.82) is 0 Å². The van der Waals surface area contributed by atoms with Crippen molar-refractivity contribution in [2.24, 2.45) is 0 Å². The lowest BCUT2D eigenvalue weighted by atomic mass is 9.69. The van der Waals surface area contributed by atoms with Gasteiger partial charge in [-0.1, -0.05) is 6.07 Å². The summed E-state index contributed by atoms with van der Waals surface area (Å²) in [6.45, 7) is 3.72. The van der Waals surface area contributed by atoms with E-state index in [9.17, 15) is 0 Å². The molecule has 2 saturated heterocycles. The summed E-state index contributed by atoms with van der Waals surface area (Å²) in [6, 6.07) is 10.4. The molecule has 132 valence electrons. The summed E-state index contributed by atoms with van der Waals surface area (Å²) < 4.78 is 10.7. The van der Waals surface area contributed by atoms with Gasteiger partial charge in [-0.05, 0) is 68.6 Å². The van der Waals surface area contributed by atoms with Crippen LogP contribution in [0.1, 0.15) is 31.2 Å². The van der Waals surface area contributed by atoms with Gasteiger partial charge in [0.1, 0.15) is 0 Å². The van der Waals surface area contributed by atoms with E-state index in [0.29, 0.717) is 5.41 Å². The quantitative estimate of drug-likeness (QED) is 0.847. The molecule has 2 aliphatic heterocycles. The summed E-state index contributed by atoms with van der Waals surface area (Å²) >= 11 is 0. The number of ether oxygens (including phenoxy) is 2. The van der Waals surface area contributed by atoms with Gasteiger partial charge in [0.05, 0.1) is 19.9 Å². The van der Waals surface area contributed by atoms with E-state index in [1.165, 1.54) is 50.9 Å². The molecule has 4 nitrogen and oxygen atoms in total. The predicted molar refractivity (Wildman–Crippen MR) is 99.4 cm³/mol. The van der Waals surface area contributed by atoms with Gasteiger partial charge in [0.25, 0.3) is 0 Å². The maximum Gasteiger partial charge on any atom is 0.161 e. The fourth-order valence-corrected chi connectivity index (χ4v) is 4.52. The number of fused-ring (bicyclic) bond motifs is 2. The zero-order chi connectivity index (χ0) is 17.3. The molecule has 0 saturated carbocycles. The second kappa shape index (κ2) is 6.68. The van der Waals surface area contributed by atoms with Gasteiger partial charge in [-0.15, -0.1) is 0 Å². The molecule has 2 aromatic rings. The van der Waals surface area contributed by atoms with Crippen molar-refractivity contribution in [3.05, 3.63) is 42.1 Å². The van der Waals surface area contributed by atoms with Crippen molar-refractivity contribution >= 4 is 0 Å². The number of hydrogen-bond acceptors (Lipinski definition) is 4. The Kier molecular flexibility index (Phi) is 4.38. The zero-order valence-electron chi connectivity index (χ0n) is 15.1. The van der Waals surface area contributed by atoms with Crippen molar-refractivity contribution < 1.29 is 9.47 Å². The Labute approximate surface area is 149 Å². The van der Waals surface area contributed by atoms with E-state index in [1.54, 1.807) is 14.2 Å². The van der Waals surface area contributed by atoms with Gasteiger partial charge in [0.15, 0.2) is 11.5 Å². The van der Waals surface area contributed by atoms with Gasteiger partial charge >= 0.3 is 0 Å². The number of rotatable bonds is 4. The molecule has 0 unspecified atom stereocenters. The molecule has 25 heavy (non-hydrogen) atoms. The van der Waals surface area contributed by atoms with Crippen molar-refractivity contribution in [1.82, 2.24) is 9.88 Å². The molecule has 2 fully saturated rings. The summed E-state index contributed by atoms with van der Waals surface area (Å²) in [5.41, 5.74) is 3.75. The van der Waals surface area contributed by atoms with Crippen LogP contribution in [0.2, 0.25) is 0 Å². The topological polar surface area (TPSA) is 34.6 Å². The van der Waals surface area contributed by atoms with Gasteiger partial charge < -0.3 is 14.4 Å². The first kappa shape index (κ1) is 16.4. The second-order valence-electron chi connectivity index (χ2n) is 7.27. The molecule has 0 spiro atoms. The number of aromatic nitrogens is 1. The van der Waals surface area contributed by atoms with Crippen LogP contribution >= 0.6 is 0 Å². The molecule has 0 radical (unpaired) electrons. The molecule has 3 heterocycles. The first-order valence-electron chi connectivity index (χ1n) is 9.15. The monoisotopic (exact) mass is 338 g/mol. The largest absolute Gasteiger partial charge is 0.493 e. The number of methoxy groups -OCH3 is 2. The Balaban J connectivity index is 1.62. The van der Waals surface area contributed by atoms with Gasteiger partial charge in [-0.2, -0.15) is 0 Å². The maximum absolute atomic E-state index is 5.41. The highest BCUT2D eigenvalue weighted by Gasteiger charge is 2.39. The molecule has 0 amide bonds. The molecular weight excluding hydrogens is 312 g/mol. The summed E-state index contributed by atoms with van der Waals surface area (Å²) in [4.78, 5) is 7.40. The van der Waals surface area contributed by atoms with Crippen molar-refractivity contribution in [3.8, 4) is 22.8 Å². The summed E-state index contributed by atoms with van der Waals surface area (Å²) in [7, 11) is 3.32. The minimum Gasteiger partial charge on any atom is -0.493 e. The van der Waals surface area contributed by atoms with Crippen LogP contribution in [0.25, 0.3) is 11.3 Å².